The first-order valence-electron chi connectivity index (χ1n) is 6.85. The summed E-state index contributed by atoms with van der Waals surface area (Å²) >= 11 is 0. The number of ether oxygens (including phenoxy) is 2. The van der Waals surface area contributed by atoms with Gasteiger partial charge in [-0.2, -0.15) is 0 Å². The summed E-state index contributed by atoms with van der Waals surface area (Å²) in [6.45, 7) is 0.956. The molecule has 0 saturated carbocycles. The summed E-state index contributed by atoms with van der Waals surface area (Å²) in [5.74, 6) is 0. The summed E-state index contributed by atoms with van der Waals surface area (Å²) in [6.07, 6.45) is 0. The number of nitrogens with one attached hydrogen (secondary N) is 1. The zero-order chi connectivity index (χ0) is 15.8. The Balaban J connectivity index is 2.08. The molecule has 6 nitrogen and oxygen atoms in total. The van der Waals surface area contributed by atoms with Crippen molar-refractivity contribution >= 4 is 17.1 Å². The van der Waals surface area contributed by atoms with Crippen molar-refractivity contribution in [3.8, 4) is 0 Å². The minimum atomic E-state index is 0.444. The standard InChI is InChI=1S/C16H20N4O2/c1-21-10-12-5-3-4-6-16(12)19-20-18-14-7-8-15(17)13(9-14)11-22-2/h3-9H,10-11,17H2,1-2H3,(H,18,19). The molecule has 0 saturated heterocycles. The van der Waals surface area contributed by atoms with Gasteiger partial charge in [-0.15, -0.1) is 5.11 Å². The Morgan fingerprint density at radius 2 is 1.73 bits per heavy atom. The van der Waals surface area contributed by atoms with Crippen molar-refractivity contribution in [3.63, 3.8) is 0 Å². The maximum Gasteiger partial charge on any atom is 0.0879 e. The van der Waals surface area contributed by atoms with Crippen LogP contribution in [-0.2, 0) is 22.7 Å². The fourth-order valence-electron chi connectivity index (χ4n) is 1.98. The molecule has 0 unspecified atom stereocenters. The second-order valence-electron chi connectivity index (χ2n) is 4.72. The highest BCUT2D eigenvalue weighted by atomic mass is 16.5. The van der Waals surface area contributed by atoms with Crippen LogP contribution in [0, 0.1) is 0 Å². The maximum absolute atomic E-state index is 5.87. The lowest BCUT2D eigenvalue weighted by Gasteiger charge is -2.07. The first-order valence-corrected chi connectivity index (χ1v) is 6.85. The number of methoxy groups -OCH3 is 2. The van der Waals surface area contributed by atoms with E-state index in [2.05, 4.69) is 15.8 Å². The van der Waals surface area contributed by atoms with Gasteiger partial charge in [0, 0.05) is 31.0 Å². The Morgan fingerprint density at radius 1 is 1.00 bits per heavy atom. The van der Waals surface area contributed by atoms with Crippen molar-refractivity contribution in [2.24, 2.45) is 10.3 Å². The van der Waals surface area contributed by atoms with E-state index in [4.69, 9.17) is 15.2 Å². The maximum atomic E-state index is 5.87. The smallest absolute Gasteiger partial charge is 0.0879 e. The Morgan fingerprint density at radius 3 is 2.50 bits per heavy atom. The Labute approximate surface area is 129 Å². The van der Waals surface area contributed by atoms with E-state index in [-0.39, 0.29) is 0 Å². The molecule has 2 aromatic rings. The average Bonchev–Trinajstić information content (AvgIpc) is 2.52. The third-order valence-electron chi connectivity index (χ3n) is 3.08. The molecule has 0 radical (unpaired) electrons. The fourth-order valence-corrected chi connectivity index (χ4v) is 1.98. The van der Waals surface area contributed by atoms with Crippen LogP contribution in [0.25, 0.3) is 0 Å². The van der Waals surface area contributed by atoms with E-state index in [1.165, 1.54) is 0 Å². The number of rotatable bonds is 7. The fraction of sp³-hybridized carbons (Fsp3) is 0.250. The molecule has 2 rings (SSSR count). The molecule has 0 atom stereocenters. The number of nitrogens with zero attached hydrogens (tertiary/aromatic N) is 2. The van der Waals surface area contributed by atoms with Crippen LogP contribution in [0.2, 0.25) is 0 Å². The summed E-state index contributed by atoms with van der Waals surface area (Å²) in [4.78, 5) is 0. The van der Waals surface area contributed by atoms with Crippen molar-refractivity contribution in [2.75, 3.05) is 25.4 Å². The van der Waals surface area contributed by atoms with E-state index in [0.717, 1.165) is 16.8 Å². The second-order valence-corrected chi connectivity index (χ2v) is 4.72. The number of anilines is 2. The highest BCUT2D eigenvalue weighted by Gasteiger charge is 2.01. The minimum Gasteiger partial charge on any atom is -0.398 e. The lowest BCUT2D eigenvalue weighted by molar-refractivity contribution is 0.185. The van der Waals surface area contributed by atoms with Crippen LogP contribution in [-0.4, -0.2) is 14.2 Å². The summed E-state index contributed by atoms with van der Waals surface area (Å²) in [6, 6.07) is 13.2. The van der Waals surface area contributed by atoms with Crippen molar-refractivity contribution in [1.29, 1.82) is 0 Å². The van der Waals surface area contributed by atoms with Gasteiger partial charge in [0.1, 0.15) is 0 Å². The molecular formula is C16H20N4O2. The number of hydrogen-bond donors (Lipinski definition) is 2. The molecule has 0 fully saturated rings. The van der Waals surface area contributed by atoms with E-state index < -0.39 is 0 Å². The second kappa shape index (κ2) is 8.11. The van der Waals surface area contributed by atoms with Gasteiger partial charge in [-0.05, 0) is 24.3 Å². The van der Waals surface area contributed by atoms with Crippen molar-refractivity contribution in [1.82, 2.24) is 0 Å². The van der Waals surface area contributed by atoms with Crippen LogP contribution >= 0.6 is 0 Å². The zero-order valence-electron chi connectivity index (χ0n) is 12.7. The van der Waals surface area contributed by atoms with Gasteiger partial charge < -0.3 is 15.2 Å². The lowest BCUT2D eigenvalue weighted by atomic mass is 10.2. The molecule has 0 bridgehead atoms. The number of nitrogens with two attached hydrogens (primary N) is 1. The van der Waals surface area contributed by atoms with Gasteiger partial charge >= 0.3 is 0 Å². The molecular weight excluding hydrogens is 280 g/mol. The van der Waals surface area contributed by atoms with Crippen LogP contribution in [0.1, 0.15) is 11.1 Å². The molecule has 0 aliphatic rings. The van der Waals surface area contributed by atoms with E-state index >= 15 is 0 Å². The van der Waals surface area contributed by atoms with Gasteiger partial charge in [-0.25, -0.2) is 0 Å². The molecule has 0 amide bonds. The molecule has 0 spiro atoms. The number of nitrogen functional groups attached to an aromatic ring is 1. The van der Waals surface area contributed by atoms with Crippen molar-refractivity contribution < 1.29 is 9.47 Å². The Bertz CT molecular complexity index is 644. The van der Waals surface area contributed by atoms with Crippen LogP contribution < -0.4 is 11.2 Å². The molecule has 3 N–H and O–H groups in total. The van der Waals surface area contributed by atoms with E-state index in [1.54, 1.807) is 26.4 Å². The predicted octanol–water partition coefficient (Wildman–Crippen LogP) is 3.67. The van der Waals surface area contributed by atoms with Gasteiger partial charge in [0.2, 0.25) is 0 Å². The molecule has 0 aliphatic heterocycles. The average molecular weight is 300 g/mol. The zero-order valence-corrected chi connectivity index (χ0v) is 12.7. The van der Waals surface area contributed by atoms with Crippen LogP contribution in [0.5, 0.6) is 0 Å². The van der Waals surface area contributed by atoms with Crippen LogP contribution in [0.15, 0.2) is 52.8 Å². The molecule has 0 aromatic heterocycles. The molecule has 0 heterocycles. The quantitative estimate of drug-likeness (QED) is 0.464. The summed E-state index contributed by atoms with van der Waals surface area (Å²) in [5.41, 5.74) is 12.9. The largest absolute Gasteiger partial charge is 0.398 e. The van der Waals surface area contributed by atoms with Gasteiger partial charge in [-0.1, -0.05) is 23.4 Å². The third kappa shape index (κ3) is 4.28. The summed E-state index contributed by atoms with van der Waals surface area (Å²) < 4.78 is 10.2. The number of hydrogen-bond acceptors (Lipinski definition) is 5. The topological polar surface area (TPSA) is 81.2 Å². The van der Waals surface area contributed by atoms with Crippen molar-refractivity contribution in [3.05, 3.63) is 53.6 Å². The van der Waals surface area contributed by atoms with E-state index in [1.807, 2.05) is 30.3 Å². The highest BCUT2D eigenvalue weighted by Crippen LogP contribution is 2.22. The first-order chi connectivity index (χ1) is 10.7. The minimum absolute atomic E-state index is 0.444. The van der Waals surface area contributed by atoms with Gasteiger partial charge in [0.05, 0.1) is 24.6 Å². The SMILES string of the molecule is COCc1cc(/N=N/Nc2ccccc2COC)ccc1N. The first kappa shape index (κ1) is 15.9. The molecule has 22 heavy (non-hydrogen) atoms. The normalized spacial score (nSPS) is 11.0. The van der Waals surface area contributed by atoms with E-state index in [9.17, 15) is 0 Å². The van der Waals surface area contributed by atoms with Crippen LogP contribution in [0.3, 0.4) is 0 Å². The monoisotopic (exact) mass is 300 g/mol. The highest BCUT2D eigenvalue weighted by molar-refractivity contribution is 5.54. The lowest BCUT2D eigenvalue weighted by Crippen LogP contribution is -1.96. The Hall–Kier alpha value is -2.44. The third-order valence-corrected chi connectivity index (χ3v) is 3.08. The van der Waals surface area contributed by atoms with E-state index in [0.29, 0.717) is 24.6 Å². The van der Waals surface area contributed by atoms with Crippen LogP contribution in [0.4, 0.5) is 17.1 Å². The molecule has 6 heteroatoms. The van der Waals surface area contributed by atoms with Gasteiger partial charge in [0.15, 0.2) is 0 Å². The summed E-state index contributed by atoms with van der Waals surface area (Å²) in [7, 11) is 3.28. The Kier molecular flexibility index (Phi) is 5.88. The number of para-hydroxylation sites is 1. The molecule has 116 valence electrons. The summed E-state index contributed by atoms with van der Waals surface area (Å²) in [5, 5.41) is 8.17. The predicted molar refractivity (Wildman–Crippen MR) is 86.9 cm³/mol. The molecule has 2 aromatic carbocycles. The number of benzene rings is 2. The van der Waals surface area contributed by atoms with Gasteiger partial charge in [0.25, 0.3) is 0 Å². The molecule has 0 aliphatic carbocycles. The van der Waals surface area contributed by atoms with Crippen molar-refractivity contribution in [2.45, 2.75) is 13.2 Å². The van der Waals surface area contributed by atoms with Gasteiger partial charge in [-0.3, -0.25) is 5.43 Å².